The number of thiazole rings is 1. The van der Waals surface area contributed by atoms with E-state index in [2.05, 4.69) is 4.99 Å². The van der Waals surface area contributed by atoms with Crippen molar-refractivity contribution in [2.45, 2.75) is 33.7 Å². The maximum atomic E-state index is 13.9. The van der Waals surface area contributed by atoms with Crippen LogP contribution in [0.4, 0.5) is 5.69 Å². The smallest absolute Gasteiger partial charge is 0.338 e. The minimum absolute atomic E-state index is 0.116. The number of phenolic OH excluding ortho intramolecular Hbond substituents is 1. The van der Waals surface area contributed by atoms with E-state index in [4.69, 9.17) is 18.9 Å². The van der Waals surface area contributed by atoms with E-state index in [1.165, 1.54) is 23.8 Å². The largest absolute Gasteiger partial charge is 0.500 e. The van der Waals surface area contributed by atoms with Gasteiger partial charge in [-0.3, -0.25) is 19.5 Å². The number of methoxy groups -OCH3 is 1. The number of carbonyl (C=O) groups excluding carboxylic acids is 1. The average Bonchev–Trinajstić information content (AvgIpc) is 3.23. The molecule has 0 unspecified atom stereocenters. The molecule has 0 radical (unpaired) electrons. The van der Waals surface area contributed by atoms with Crippen molar-refractivity contribution in [3.05, 3.63) is 82.5 Å². The molecule has 0 saturated heterocycles. The first-order chi connectivity index (χ1) is 19.6. The number of ether oxygens (including phenoxy) is 4. The molecular weight excluding hydrogens is 554 g/mol. The second-order valence-electron chi connectivity index (χ2n) is 8.72. The minimum atomic E-state index is -0.897. The van der Waals surface area contributed by atoms with Crippen LogP contribution in [0.15, 0.2) is 51.4 Å². The molecule has 216 valence electrons. The average molecular weight is 584 g/mol. The first kappa shape index (κ1) is 29.3. The van der Waals surface area contributed by atoms with Crippen molar-refractivity contribution in [2.75, 3.05) is 26.9 Å². The Labute approximate surface area is 238 Å². The second-order valence-corrected chi connectivity index (χ2v) is 9.73. The third-order valence-electron chi connectivity index (χ3n) is 6.19. The number of aromatic nitrogens is 1. The molecule has 2 aromatic carbocycles. The Hall–Kier alpha value is -4.65. The normalized spacial score (nSPS) is 14.8. The molecule has 1 aliphatic heterocycles. The molecular formula is C28H29N3O9S. The van der Waals surface area contributed by atoms with Gasteiger partial charge in [0.2, 0.25) is 5.75 Å². The SMILES string of the molecule is CCOC(=O)C1=C(C)N=c2s/c(=C\c3cc(OC)c(O)c([N+](=O)[O-])c3)c(=O)n2[C@H]1c1ccc(OCC)c(OCC)c1. The van der Waals surface area contributed by atoms with E-state index in [-0.39, 0.29) is 28.0 Å². The van der Waals surface area contributed by atoms with Crippen molar-refractivity contribution in [1.29, 1.82) is 0 Å². The fourth-order valence-corrected chi connectivity index (χ4v) is 5.53. The van der Waals surface area contributed by atoms with E-state index in [1.807, 2.05) is 13.8 Å². The number of benzene rings is 2. The molecule has 4 rings (SSSR count). The zero-order valence-electron chi connectivity index (χ0n) is 23.1. The summed E-state index contributed by atoms with van der Waals surface area (Å²) in [5.74, 6) is -0.373. The van der Waals surface area contributed by atoms with Crippen LogP contribution < -0.4 is 29.1 Å². The van der Waals surface area contributed by atoms with Crippen LogP contribution >= 0.6 is 11.3 Å². The Balaban J connectivity index is 1.97. The number of nitrogens with zero attached hydrogens (tertiary/aromatic N) is 3. The number of aromatic hydroxyl groups is 1. The van der Waals surface area contributed by atoms with Gasteiger partial charge in [0.15, 0.2) is 22.0 Å². The predicted molar refractivity (Wildman–Crippen MR) is 150 cm³/mol. The van der Waals surface area contributed by atoms with Crippen LogP contribution in [0.1, 0.15) is 44.9 Å². The highest BCUT2D eigenvalue weighted by molar-refractivity contribution is 7.07. The molecule has 0 amide bonds. The molecule has 0 saturated carbocycles. The monoisotopic (exact) mass is 583 g/mol. The van der Waals surface area contributed by atoms with E-state index < -0.39 is 33.9 Å². The van der Waals surface area contributed by atoms with Gasteiger partial charge >= 0.3 is 11.7 Å². The number of nitro groups is 1. The van der Waals surface area contributed by atoms with Crippen LogP contribution in [0, 0.1) is 10.1 Å². The van der Waals surface area contributed by atoms with Crippen molar-refractivity contribution in [2.24, 2.45) is 4.99 Å². The van der Waals surface area contributed by atoms with Gasteiger partial charge in [-0.05, 0) is 63.1 Å². The van der Waals surface area contributed by atoms with Gasteiger partial charge in [-0.15, -0.1) is 0 Å². The van der Waals surface area contributed by atoms with E-state index in [9.17, 15) is 24.8 Å². The topological polar surface area (TPSA) is 152 Å². The van der Waals surface area contributed by atoms with E-state index in [1.54, 1.807) is 32.0 Å². The standard InChI is InChI=1S/C28H29N3O9S/c1-6-38-19-10-9-17(14-20(19)39-7-2)24-23(27(34)40-8-3)15(4)29-28-30(24)26(33)22(41-28)13-16-11-18(31(35)36)25(32)21(12-16)37-5/h9-14,24,32H,6-8H2,1-5H3/b22-13-/t24-/m0/s1. The molecule has 1 N–H and O–H groups in total. The zero-order chi connectivity index (χ0) is 29.8. The van der Waals surface area contributed by atoms with E-state index in [0.29, 0.717) is 40.8 Å². The second kappa shape index (κ2) is 12.3. The van der Waals surface area contributed by atoms with Gasteiger partial charge in [0, 0.05) is 6.07 Å². The fraction of sp³-hybridized carbons (Fsp3) is 0.321. The lowest BCUT2D eigenvalue weighted by Gasteiger charge is -2.25. The number of hydrogen-bond acceptors (Lipinski definition) is 11. The molecule has 0 spiro atoms. The molecule has 3 aromatic rings. The molecule has 1 atom stereocenters. The number of esters is 1. The van der Waals surface area contributed by atoms with Gasteiger partial charge in [-0.1, -0.05) is 17.4 Å². The molecule has 0 fully saturated rings. The molecule has 1 aliphatic rings. The fourth-order valence-electron chi connectivity index (χ4n) is 4.49. The third kappa shape index (κ3) is 5.66. The Bertz CT molecular complexity index is 1720. The van der Waals surface area contributed by atoms with Gasteiger partial charge in [-0.25, -0.2) is 9.79 Å². The lowest BCUT2D eigenvalue weighted by molar-refractivity contribution is -0.386. The summed E-state index contributed by atoms with van der Waals surface area (Å²) in [5.41, 5.74) is 0.363. The van der Waals surface area contributed by atoms with Gasteiger partial charge < -0.3 is 24.1 Å². The molecule has 0 aliphatic carbocycles. The lowest BCUT2D eigenvalue weighted by atomic mass is 9.95. The Morgan fingerprint density at radius 2 is 1.83 bits per heavy atom. The highest BCUT2D eigenvalue weighted by Gasteiger charge is 2.34. The molecule has 2 heterocycles. The minimum Gasteiger partial charge on any atom is -0.500 e. The number of hydrogen-bond donors (Lipinski definition) is 1. The van der Waals surface area contributed by atoms with Crippen LogP contribution in [-0.4, -0.2) is 47.5 Å². The maximum Gasteiger partial charge on any atom is 0.338 e. The van der Waals surface area contributed by atoms with E-state index in [0.717, 1.165) is 17.4 Å². The molecule has 1 aromatic heterocycles. The van der Waals surface area contributed by atoms with Crippen molar-refractivity contribution < 1.29 is 33.8 Å². The summed E-state index contributed by atoms with van der Waals surface area (Å²) in [6.45, 7) is 7.96. The van der Waals surface area contributed by atoms with Crippen LogP contribution in [-0.2, 0) is 9.53 Å². The van der Waals surface area contributed by atoms with E-state index >= 15 is 0 Å². The lowest BCUT2D eigenvalue weighted by Crippen LogP contribution is -2.40. The number of phenols is 1. The molecule has 12 nitrogen and oxygen atoms in total. The van der Waals surface area contributed by atoms with Crippen molar-refractivity contribution in [3.63, 3.8) is 0 Å². The Morgan fingerprint density at radius 3 is 2.46 bits per heavy atom. The van der Waals surface area contributed by atoms with Crippen molar-refractivity contribution >= 4 is 29.1 Å². The molecule has 0 bridgehead atoms. The molecule has 41 heavy (non-hydrogen) atoms. The third-order valence-corrected chi connectivity index (χ3v) is 7.17. The summed E-state index contributed by atoms with van der Waals surface area (Å²) in [4.78, 5) is 42.7. The maximum absolute atomic E-state index is 13.9. The summed E-state index contributed by atoms with van der Waals surface area (Å²) in [7, 11) is 1.27. The number of fused-ring (bicyclic) bond motifs is 1. The van der Waals surface area contributed by atoms with Gasteiger partial charge in [0.25, 0.3) is 5.56 Å². The Morgan fingerprint density at radius 1 is 1.12 bits per heavy atom. The van der Waals surface area contributed by atoms with Crippen molar-refractivity contribution in [3.8, 4) is 23.0 Å². The highest BCUT2D eigenvalue weighted by Crippen LogP contribution is 2.38. The summed E-state index contributed by atoms with van der Waals surface area (Å²) >= 11 is 1.06. The quantitative estimate of drug-likeness (QED) is 0.215. The summed E-state index contributed by atoms with van der Waals surface area (Å²) in [6, 6.07) is 6.83. The van der Waals surface area contributed by atoms with Crippen molar-refractivity contribution in [1.82, 2.24) is 4.57 Å². The summed E-state index contributed by atoms with van der Waals surface area (Å²) in [5, 5.41) is 21.6. The van der Waals surface area contributed by atoms with Gasteiger partial charge in [0.1, 0.15) is 0 Å². The number of carbonyl (C=O) groups is 1. The predicted octanol–water partition coefficient (Wildman–Crippen LogP) is 3.22. The highest BCUT2D eigenvalue weighted by atomic mass is 32.1. The van der Waals surface area contributed by atoms with Crippen LogP contribution in [0.25, 0.3) is 6.08 Å². The van der Waals surface area contributed by atoms with Gasteiger partial charge in [-0.2, -0.15) is 0 Å². The molecule has 13 heteroatoms. The summed E-state index contributed by atoms with van der Waals surface area (Å²) < 4.78 is 23.5. The first-order valence-corrected chi connectivity index (χ1v) is 13.6. The van der Waals surface area contributed by atoms with Crippen LogP contribution in [0.3, 0.4) is 0 Å². The Kier molecular flexibility index (Phi) is 8.77. The van der Waals surface area contributed by atoms with Crippen LogP contribution in [0.5, 0.6) is 23.0 Å². The van der Waals surface area contributed by atoms with Gasteiger partial charge in [0.05, 0.1) is 53.7 Å². The number of rotatable bonds is 10. The number of nitro benzene ring substituents is 1. The summed E-state index contributed by atoms with van der Waals surface area (Å²) in [6.07, 6.45) is 1.45. The van der Waals surface area contributed by atoms with Crippen LogP contribution in [0.2, 0.25) is 0 Å². The zero-order valence-corrected chi connectivity index (χ0v) is 23.9. The first-order valence-electron chi connectivity index (χ1n) is 12.8. The number of allylic oxidation sites excluding steroid dienone is 1.